The highest BCUT2D eigenvalue weighted by molar-refractivity contribution is 5.44. The van der Waals surface area contributed by atoms with Crippen molar-refractivity contribution in [3.63, 3.8) is 0 Å². The highest BCUT2D eigenvalue weighted by atomic mass is 16.6. The van der Waals surface area contributed by atoms with Crippen LogP contribution in [0.4, 0.5) is 5.69 Å². The van der Waals surface area contributed by atoms with Crippen molar-refractivity contribution in [3.05, 3.63) is 67.6 Å². The highest BCUT2D eigenvalue weighted by Gasteiger charge is 2.13. The summed E-state index contributed by atoms with van der Waals surface area (Å²) in [5.74, 6) is 0.441. The van der Waals surface area contributed by atoms with Gasteiger partial charge in [0.2, 0.25) is 0 Å². The molecule has 2 rings (SSSR count). The number of nitriles is 1. The maximum atomic E-state index is 12.2. The smallest absolute Gasteiger partial charge is 0.270 e. The first-order valence-corrected chi connectivity index (χ1v) is 6.39. The molecule has 0 aliphatic rings. The summed E-state index contributed by atoms with van der Waals surface area (Å²) < 4.78 is 6.50. The number of ether oxygens (including phenoxy) is 1. The van der Waals surface area contributed by atoms with E-state index in [4.69, 9.17) is 10.00 Å². The largest absolute Gasteiger partial charge is 0.496 e. The standard InChI is InChI=1S/C15H13N3O4/c1-10-5-6-17(15(19)13(10)8-16)9-11-7-12(18(20)21)3-4-14(11)22-2/h3-7H,9H2,1-2H3. The molecule has 0 spiro atoms. The topological polar surface area (TPSA) is 98.2 Å². The molecule has 0 fully saturated rings. The Labute approximate surface area is 126 Å². The molecule has 0 atom stereocenters. The quantitative estimate of drug-likeness (QED) is 0.635. The Balaban J connectivity index is 2.52. The number of hydrogen-bond acceptors (Lipinski definition) is 5. The molecule has 1 aromatic heterocycles. The third kappa shape index (κ3) is 2.81. The number of hydrogen-bond donors (Lipinski definition) is 0. The number of pyridine rings is 1. The predicted octanol–water partition coefficient (Wildman–Crippen LogP) is 1.99. The first-order chi connectivity index (χ1) is 10.5. The number of nitro groups is 1. The van der Waals surface area contributed by atoms with Crippen LogP contribution in [0.5, 0.6) is 5.75 Å². The van der Waals surface area contributed by atoms with E-state index in [0.29, 0.717) is 16.9 Å². The zero-order chi connectivity index (χ0) is 16.3. The Hall–Kier alpha value is -3.14. The van der Waals surface area contributed by atoms with E-state index >= 15 is 0 Å². The Morgan fingerprint density at radius 3 is 2.73 bits per heavy atom. The number of non-ortho nitro benzene ring substituents is 1. The molecule has 7 nitrogen and oxygen atoms in total. The van der Waals surface area contributed by atoms with Gasteiger partial charge in [-0.3, -0.25) is 14.9 Å². The minimum atomic E-state index is -0.512. The molecule has 0 amide bonds. The van der Waals surface area contributed by atoms with E-state index in [-0.39, 0.29) is 17.8 Å². The van der Waals surface area contributed by atoms with Gasteiger partial charge >= 0.3 is 0 Å². The van der Waals surface area contributed by atoms with Crippen LogP contribution in [-0.2, 0) is 6.54 Å². The summed E-state index contributed by atoms with van der Waals surface area (Å²) in [4.78, 5) is 22.6. The van der Waals surface area contributed by atoms with Crippen molar-refractivity contribution in [2.75, 3.05) is 7.11 Å². The van der Waals surface area contributed by atoms with Crippen molar-refractivity contribution in [2.45, 2.75) is 13.5 Å². The van der Waals surface area contributed by atoms with Gasteiger partial charge in [-0.05, 0) is 24.6 Å². The molecule has 0 aliphatic carbocycles. The Morgan fingerprint density at radius 2 is 2.14 bits per heavy atom. The molecule has 0 bridgehead atoms. The van der Waals surface area contributed by atoms with Gasteiger partial charge in [0.05, 0.1) is 18.6 Å². The lowest BCUT2D eigenvalue weighted by Gasteiger charge is -2.11. The van der Waals surface area contributed by atoms with Gasteiger partial charge in [-0.2, -0.15) is 5.26 Å². The molecule has 1 heterocycles. The second kappa shape index (κ2) is 6.10. The van der Waals surface area contributed by atoms with Crippen LogP contribution < -0.4 is 10.3 Å². The van der Waals surface area contributed by atoms with E-state index in [0.717, 1.165) is 0 Å². The third-order valence-corrected chi connectivity index (χ3v) is 3.30. The van der Waals surface area contributed by atoms with Crippen molar-refractivity contribution in [1.29, 1.82) is 5.26 Å². The fourth-order valence-electron chi connectivity index (χ4n) is 2.11. The molecular weight excluding hydrogens is 286 g/mol. The number of methoxy groups -OCH3 is 1. The van der Waals surface area contributed by atoms with Crippen molar-refractivity contribution in [1.82, 2.24) is 4.57 Å². The number of rotatable bonds is 4. The minimum absolute atomic E-state index is 0.0619. The summed E-state index contributed by atoms with van der Waals surface area (Å²) in [5.41, 5.74) is 0.626. The van der Waals surface area contributed by atoms with Crippen molar-refractivity contribution in [3.8, 4) is 11.8 Å². The molecular formula is C15H13N3O4. The molecule has 2 aromatic rings. The van der Waals surface area contributed by atoms with E-state index in [9.17, 15) is 14.9 Å². The molecule has 0 N–H and O–H groups in total. The summed E-state index contributed by atoms with van der Waals surface area (Å²) in [6, 6.07) is 7.71. The van der Waals surface area contributed by atoms with Crippen LogP contribution in [0, 0.1) is 28.4 Å². The lowest BCUT2D eigenvalue weighted by molar-refractivity contribution is -0.384. The van der Waals surface area contributed by atoms with Gasteiger partial charge in [0, 0.05) is 23.9 Å². The Bertz CT molecular complexity index is 834. The summed E-state index contributed by atoms with van der Waals surface area (Å²) in [7, 11) is 1.45. The highest BCUT2D eigenvalue weighted by Crippen LogP contribution is 2.24. The van der Waals surface area contributed by atoms with Crippen LogP contribution in [0.2, 0.25) is 0 Å². The van der Waals surface area contributed by atoms with E-state index in [2.05, 4.69) is 0 Å². The number of nitro benzene ring substituents is 1. The average molecular weight is 299 g/mol. The molecule has 0 radical (unpaired) electrons. The number of nitrogens with zero attached hydrogens (tertiary/aromatic N) is 3. The van der Waals surface area contributed by atoms with Crippen LogP contribution in [0.3, 0.4) is 0 Å². The zero-order valence-corrected chi connectivity index (χ0v) is 12.1. The van der Waals surface area contributed by atoms with Gasteiger partial charge in [0.25, 0.3) is 11.2 Å². The third-order valence-electron chi connectivity index (χ3n) is 3.30. The fourth-order valence-corrected chi connectivity index (χ4v) is 2.11. The van der Waals surface area contributed by atoms with Crippen LogP contribution in [0.1, 0.15) is 16.7 Å². The molecule has 0 unspecified atom stereocenters. The van der Waals surface area contributed by atoms with E-state index < -0.39 is 10.5 Å². The summed E-state index contributed by atoms with van der Waals surface area (Å²) in [5, 5.41) is 19.9. The van der Waals surface area contributed by atoms with Gasteiger partial charge in [-0.25, -0.2) is 0 Å². The predicted molar refractivity (Wildman–Crippen MR) is 78.9 cm³/mol. The Kier molecular flexibility index (Phi) is 4.23. The van der Waals surface area contributed by atoms with Gasteiger partial charge in [0.1, 0.15) is 17.4 Å². The summed E-state index contributed by atoms with van der Waals surface area (Å²) in [6.45, 7) is 1.76. The maximum absolute atomic E-state index is 12.2. The number of aromatic nitrogens is 1. The molecule has 112 valence electrons. The van der Waals surface area contributed by atoms with Gasteiger partial charge in [-0.15, -0.1) is 0 Å². The van der Waals surface area contributed by atoms with Crippen molar-refractivity contribution in [2.24, 2.45) is 0 Å². The Morgan fingerprint density at radius 1 is 1.41 bits per heavy atom. The molecule has 22 heavy (non-hydrogen) atoms. The fraction of sp³-hybridized carbons (Fsp3) is 0.200. The maximum Gasteiger partial charge on any atom is 0.270 e. The second-order valence-electron chi connectivity index (χ2n) is 4.67. The molecule has 0 saturated carbocycles. The monoisotopic (exact) mass is 299 g/mol. The van der Waals surface area contributed by atoms with Crippen molar-refractivity contribution >= 4 is 5.69 Å². The van der Waals surface area contributed by atoms with E-state index in [1.165, 1.54) is 29.9 Å². The molecule has 1 aromatic carbocycles. The lowest BCUT2D eigenvalue weighted by atomic mass is 10.1. The molecule has 0 aliphatic heterocycles. The number of benzene rings is 1. The van der Waals surface area contributed by atoms with Crippen LogP contribution in [0.15, 0.2) is 35.3 Å². The summed E-state index contributed by atoms with van der Waals surface area (Å²) >= 11 is 0. The second-order valence-corrected chi connectivity index (χ2v) is 4.67. The minimum Gasteiger partial charge on any atom is -0.496 e. The lowest BCUT2D eigenvalue weighted by Crippen LogP contribution is -2.23. The first kappa shape index (κ1) is 15.3. The van der Waals surface area contributed by atoms with Crippen LogP contribution >= 0.6 is 0 Å². The average Bonchev–Trinajstić information content (AvgIpc) is 2.50. The van der Waals surface area contributed by atoms with Crippen molar-refractivity contribution < 1.29 is 9.66 Å². The van der Waals surface area contributed by atoms with E-state index in [1.807, 2.05) is 6.07 Å². The van der Waals surface area contributed by atoms with Gasteiger partial charge in [0.15, 0.2) is 0 Å². The zero-order valence-electron chi connectivity index (χ0n) is 12.1. The molecule has 0 saturated heterocycles. The van der Waals surface area contributed by atoms with Crippen LogP contribution in [0.25, 0.3) is 0 Å². The van der Waals surface area contributed by atoms with Gasteiger partial charge in [-0.1, -0.05) is 0 Å². The SMILES string of the molecule is COc1ccc([N+](=O)[O-])cc1Cn1ccc(C)c(C#N)c1=O. The van der Waals surface area contributed by atoms with Crippen LogP contribution in [-0.4, -0.2) is 16.6 Å². The summed E-state index contributed by atoms with van der Waals surface area (Å²) in [6.07, 6.45) is 1.55. The first-order valence-electron chi connectivity index (χ1n) is 6.39. The number of aryl methyl sites for hydroxylation is 1. The van der Waals surface area contributed by atoms with E-state index in [1.54, 1.807) is 19.2 Å². The van der Waals surface area contributed by atoms with Gasteiger partial charge < -0.3 is 9.30 Å². The molecule has 7 heteroatoms. The normalized spacial score (nSPS) is 10.0.